The molecule has 2 N–H and O–H groups in total. The normalized spacial score (nSPS) is 43.5. The second kappa shape index (κ2) is 2.98. The van der Waals surface area contributed by atoms with Gasteiger partial charge in [0.05, 0.1) is 0 Å². The van der Waals surface area contributed by atoms with Gasteiger partial charge in [0.15, 0.2) is 0 Å². The van der Waals surface area contributed by atoms with E-state index in [0.717, 1.165) is 11.8 Å². The van der Waals surface area contributed by atoms with Gasteiger partial charge in [-0.25, -0.2) is 0 Å². The molecule has 0 bridgehead atoms. The van der Waals surface area contributed by atoms with Crippen molar-refractivity contribution >= 4 is 0 Å². The molecule has 1 heteroatoms. The molecule has 2 unspecified atom stereocenters. The summed E-state index contributed by atoms with van der Waals surface area (Å²) in [5.41, 5.74) is 6.00. The van der Waals surface area contributed by atoms with Crippen LogP contribution in [0.5, 0.6) is 0 Å². The first-order chi connectivity index (χ1) is 5.38. The van der Waals surface area contributed by atoms with Crippen LogP contribution in [0.25, 0.3) is 0 Å². The molecule has 0 aliphatic heterocycles. The van der Waals surface area contributed by atoms with Crippen LogP contribution in [-0.2, 0) is 0 Å². The predicted molar refractivity (Wildman–Crippen MR) is 47.2 cm³/mol. The number of hydrogen-bond acceptors (Lipinski definition) is 1. The summed E-state index contributed by atoms with van der Waals surface area (Å²) in [7, 11) is 0. The van der Waals surface area contributed by atoms with Crippen molar-refractivity contribution in [3.05, 3.63) is 12.2 Å². The van der Waals surface area contributed by atoms with Gasteiger partial charge in [0, 0.05) is 6.04 Å². The minimum Gasteiger partial charge on any atom is -0.324 e. The van der Waals surface area contributed by atoms with Crippen LogP contribution in [0.3, 0.4) is 0 Å². The molecule has 0 radical (unpaired) electrons. The summed E-state index contributed by atoms with van der Waals surface area (Å²) in [6.07, 6.45) is 11.4. The molecule has 0 aromatic carbocycles. The maximum atomic E-state index is 6.00. The van der Waals surface area contributed by atoms with Gasteiger partial charge in [-0.3, -0.25) is 0 Å². The van der Waals surface area contributed by atoms with Crippen molar-refractivity contribution in [3.63, 3.8) is 0 Å². The van der Waals surface area contributed by atoms with Crippen molar-refractivity contribution in [2.45, 2.75) is 38.1 Å². The quantitative estimate of drug-likeness (QED) is 0.527. The Balaban J connectivity index is 2.08. The van der Waals surface area contributed by atoms with Gasteiger partial charge in [-0.1, -0.05) is 25.0 Å². The minimum absolute atomic E-state index is 0.369. The lowest BCUT2D eigenvalue weighted by atomic mass is 9.71. The van der Waals surface area contributed by atoms with Crippen molar-refractivity contribution in [2.75, 3.05) is 0 Å². The summed E-state index contributed by atoms with van der Waals surface area (Å²) in [5.74, 6) is 1.73. The van der Waals surface area contributed by atoms with Gasteiger partial charge in [0.25, 0.3) is 0 Å². The highest BCUT2D eigenvalue weighted by molar-refractivity contribution is 5.04. The standard InChI is InChI=1S/C10H17N/c11-10-7-3-5-8-4-1-2-6-9(8)10/h3,7-10H,1-2,4-6,11H2/t8-,9?,10?/m1/s1. The Morgan fingerprint density at radius 2 is 2.00 bits per heavy atom. The number of nitrogens with two attached hydrogens (primary N) is 1. The van der Waals surface area contributed by atoms with E-state index in [1.54, 1.807) is 0 Å². The Morgan fingerprint density at radius 1 is 1.18 bits per heavy atom. The first-order valence-corrected chi connectivity index (χ1v) is 4.80. The van der Waals surface area contributed by atoms with Crippen molar-refractivity contribution in [1.82, 2.24) is 0 Å². The molecule has 11 heavy (non-hydrogen) atoms. The molecular weight excluding hydrogens is 134 g/mol. The molecule has 1 nitrogen and oxygen atoms in total. The number of allylic oxidation sites excluding steroid dienone is 1. The summed E-state index contributed by atoms with van der Waals surface area (Å²) in [4.78, 5) is 0. The van der Waals surface area contributed by atoms with E-state index in [1.807, 2.05) is 0 Å². The molecule has 0 saturated heterocycles. The van der Waals surface area contributed by atoms with Crippen LogP contribution in [0.2, 0.25) is 0 Å². The summed E-state index contributed by atoms with van der Waals surface area (Å²) >= 11 is 0. The third kappa shape index (κ3) is 1.34. The van der Waals surface area contributed by atoms with Gasteiger partial charge < -0.3 is 5.73 Å². The monoisotopic (exact) mass is 151 g/mol. The van der Waals surface area contributed by atoms with Crippen LogP contribution in [0.1, 0.15) is 32.1 Å². The van der Waals surface area contributed by atoms with Crippen LogP contribution >= 0.6 is 0 Å². The smallest absolute Gasteiger partial charge is 0.0255 e. The van der Waals surface area contributed by atoms with Gasteiger partial charge in [-0.15, -0.1) is 0 Å². The number of fused-ring (bicyclic) bond motifs is 1. The fourth-order valence-corrected chi connectivity index (χ4v) is 2.59. The van der Waals surface area contributed by atoms with Crippen LogP contribution in [0.4, 0.5) is 0 Å². The second-order valence-electron chi connectivity index (χ2n) is 3.95. The van der Waals surface area contributed by atoms with Gasteiger partial charge >= 0.3 is 0 Å². The summed E-state index contributed by atoms with van der Waals surface area (Å²) < 4.78 is 0. The Kier molecular flexibility index (Phi) is 1.99. The topological polar surface area (TPSA) is 26.0 Å². The van der Waals surface area contributed by atoms with E-state index in [4.69, 9.17) is 5.73 Å². The molecule has 3 atom stereocenters. The van der Waals surface area contributed by atoms with Crippen molar-refractivity contribution in [2.24, 2.45) is 17.6 Å². The lowest BCUT2D eigenvalue weighted by Gasteiger charge is -2.36. The Morgan fingerprint density at radius 3 is 2.82 bits per heavy atom. The molecule has 0 aromatic rings. The van der Waals surface area contributed by atoms with E-state index >= 15 is 0 Å². The Labute approximate surface area is 68.7 Å². The van der Waals surface area contributed by atoms with E-state index in [9.17, 15) is 0 Å². The van der Waals surface area contributed by atoms with E-state index < -0.39 is 0 Å². The molecule has 0 heterocycles. The molecule has 2 aliphatic carbocycles. The lowest BCUT2D eigenvalue weighted by Crippen LogP contribution is -2.37. The Bertz CT molecular complexity index is 162. The summed E-state index contributed by atoms with van der Waals surface area (Å²) in [5, 5.41) is 0. The molecule has 1 saturated carbocycles. The zero-order chi connectivity index (χ0) is 7.68. The maximum Gasteiger partial charge on any atom is 0.0255 e. The molecule has 0 spiro atoms. The van der Waals surface area contributed by atoms with Crippen molar-refractivity contribution in [3.8, 4) is 0 Å². The SMILES string of the molecule is NC1C=CC[C@H]2CCCCC12. The third-order valence-corrected chi connectivity index (χ3v) is 3.26. The van der Waals surface area contributed by atoms with E-state index in [1.165, 1.54) is 32.1 Å². The molecule has 2 rings (SSSR count). The molecular formula is C10H17N. The van der Waals surface area contributed by atoms with Crippen LogP contribution in [0.15, 0.2) is 12.2 Å². The molecule has 62 valence electrons. The van der Waals surface area contributed by atoms with Gasteiger partial charge in [-0.2, -0.15) is 0 Å². The number of rotatable bonds is 0. The number of hydrogen-bond donors (Lipinski definition) is 1. The van der Waals surface area contributed by atoms with E-state index in [-0.39, 0.29) is 0 Å². The van der Waals surface area contributed by atoms with E-state index in [2.05, 4.69) is 12.2 Å². The fourth-order valence-electron chi connectivity index (χ4n) is 2.59. The fraction of sp³-hybridized carbons (Fsp3) is 0.800. The molecule has 0 amide bonds. The molecule has 0 aromatic heterocycles. The second-order valence-corrected chi connectivity index (χ2v) is 3.95. The minimum atomic E-state index is 0.369. The molecule has 1 fully saturated rings. The van der Waals surface area contributed by atoms with Crippen LogP contribution < -0.4 is 5.73 Å². The van der Waals surface area contributed by atoms with Crippen LogP contribution in [0, 0.1) is 11.8 Å². The van der Waals surface area contributed by atoms with Crippen LogP contribution in [-0.4, -0.2) is 6.04 Å². The summed E-state index contributed by atoms with van der Waals surface area (Å²) in [6, 6.07) is 0.369. The first-order valence-electron chi connectivity index (χ1n) is 4.80. The van der Waals surface area contributed by atoms with E-state index in [0.29, 0.717) is 6.04 Å². The Hall–Kier alpha value is -0.300. The third-order valence-electron chi connectivity index (χ3n) is 3.26. The lowest BCUT2D eigenvalue weighted by molar-refractivity contribution is 0.211. The van der Waals surface area contributed by atoms with Gasteiger partial charge in [0.2, 0.25) is 0 Å². The zero-order valence-corrected chi connectivity index (χ0v) is 7.00. The largest absolute Gasteiger partial charge is 0.324 e. The highest BCUT2D eigenvalue weighted by Gasteiger charge is 2.29. The first kappa shape index (κ1) is 7.35. The van der Waals surface area contributed by atoms with Crippen molar-refractivity contribution in [1.29, 1.82) is 0 Å². The zero-order valence-electron chi connectivity index (χ0n) is 7.00. The highest BCUT2D eigenvalue weighted by Crippen LogP contribution is 2.36. The summed E-state index contributed by atoms with van der Waals surface area (Å²) in [6.45, 7) is 0. The average molecular weight is 151 g/mol. The van der Waals surface area contributed by atoms with Crippen molar-refractivity contribution < 1.29 is 0 Å². The average Bonchev–Trinajstić information content (AvgIpc) is 2.06. The maximum absolute atomic E-state index is 6.00. The molecule has 2 aliphatic rings. The van der Waals surface area contributed by atoms with Gasteiger partial charge in [-0.05, 0) is 31.1 Å². The highest BCUT2D eigenvalue weighted by atomic mass is 14.7. The predicted octanol–water partition coefficient (Wildman–Crippen LogP) is 2.08. The van der Waals surface area contributed by atoms with Gasteiger partial charge in [0.1, 0.15) is 0 Å².